The van der Waals surface area contributed by atoms with E-state index in [4.69, 9.17) is 4.74 Å². The number of hydrogen-bond donors (Lipinski definition) is 1. The first kappa shape index (κ1) is 12.3. The van der Waals surface area contributed by atoms with Gasteiger partial charge in [-0.1, -0.05) is 0 Å². The molecule has 0 saturated carbocycles. The molecule has 9 heteroatoms. The third-order valence-electron chi connectivity index (χ3n) is 3.00. The molecule has 102 valence electrons. The van der Waals surface area contributed by atoms with Gasteiger partial charge in [0.1, 0.15) is 4.90 Å². The number of H-pyrrole nitrogens is 1. The van der Waals surface area contributed by atoms with E-state index in [1.165, 1.54) is 27.0 Å². The number of nitrogens with zero attached hydrogens (tertiary/aromatic N) is 3. The summed E-state index contributed by atoms with van der Waals surface area (Å²) in [7, 11) is -3.66. The van der Waals surface area contributed by atoms with Crippen LogP contribution in [-0.2, 0) is 14.8 Å². The zero-order valence-electron chi connectivity index (χ0n) is 9.94. The fourth-order valence-corrected chi connectivity index (χ4v) is 3.57. The third-order valence-corrected chi connectivity index (χ3v) is 4.91. The predicted molar refractivity (Wildman–Crippen MR) is 65.4 cm³/mol. The maximum Gasteiger partial charge on any atom is 0.347 e. The third kappa shape index (κ3) is 1.95. The van der Waals surface area contributed by atoms with Crippen molar-refractivity contribution < 1.29 is 13.2 Å². The summed E-state index contributed by atoms with van der Waals surface area (Å²) < 4.78 is 32.7. The molecule has 0 unspecified atom stereocenters. The molecule has 0 aromatic carbocycles. The Labute approximate surface area is 108 Å². The quantitative estimate of drug-likeness (QED) is 0.766. The van der Waals surface area contributed by atoms with E-state index in [0.29, 0.717) is 26.3 Å². The molecule has 0 aliphatic carbocycles. The lowest BCUT2D eigenvalue weighted by molar-refractivity contribution is 0.0730. The molecule has 0 spiro atoms. The van der Waals surface area contributed by atoms with Crippen LogP contribution in [0.3, 0.4) is 0 Å². The topological polar surface area (TPSA) is 96.8 Å². The van der Waals surface area contributed by atoms with Gasteiger partial charge in [0.25, 0.3) is 0 Å². The van der Waals surface area contributed by atoms with Crippen LogP contribution in [0.2, 0.25) is 0 Å². The molecular formula is C10H12N4O4S. The Morgan fingerprint density at radius 3 is 2.79 bits per heavy atom. The number of fused-ring (bicyclic) bond motifs is 1. The number of rotatable bonds is 2. The molecule has 1 saturated heterocycles. The highest BCUT2D eigenvalue weighted by Gasteiger charge is 2.29. The number of aromatic amines is 1. The number of sulfonamides is 1. The van der Waals surface area contributed by atoms with E-state index >= 15 is 0 Å². The normalized spacial score (nSPS) is 17.9. The minimum atomic E-state index is -3.66. The molecule has 0 amide bonds. The van der Waals surface area contributed by atoms with E-state index in [1.54, 1.807) is 0 Å². The van der Waals surface area contributed by atoms with E-state index < -0.39 is 15.7 Å². The van der Waals surface area contributed by atoms with Gasteiger partial charge in [0.2, 0.25) is 10.0 Å². The molecule has 8 nitrogen and oxygen atoms in total. The van der Waals surface area contributed by atoms with Crippen LogP contribution in [0.5, 0.6) is 0 Å². The van der Waals surface area contributed by atoms with Gasteiger partial charge in [0, 0.05) is 19.3 Å². The molecule has 2 aromatic heterocycles. The van der Waals surface area contributed by atoms with Crippen LogP contribution < -0.4 is 5.69 Å². The summed E-state index contributed by atoms with van der Waals surface area (Å²) in [5.74, 6) is 0. The lowest BCUT2D eigenvalue weighted by atomic mass is 10.5. The molecule has 3 rings (SSSR count). The highest BCUT2D eigenvalue weighted by Crippen LogP contribution is 2.19. The molecule has 0 atom stereocenters. The van der Waals surface area contributed by atoms with Crippen molar-refractivity contribution in [1.29, 1.82) is 0 Å². The summed E-state index contributed by atoms with van der Waals surface area (Å²) >= 11 is 0. The average molecular weight is 284 g/mol. The fourth-order valence-electron chi connectivity index (χ4n) is 2.04. The van der Waals surface area contributed by atoms with Gasteiger partial charge in [0.05, 0.1) is 13.2 Å². The van der Waals surface area contributed by atoms with Crippen molar-refractivity contribution in [2.24, 2.45) is 0 Å². The van der Waals surface area contributed by atoms with Crippen LogP contribution in [0.25, 0.3) is 5.65 Å². The summed E-state index contributed by atoms with van der Waals surface area (Å²) in [6.45, 7) is 1.35. The minimum absolute atomic E-state index is 0.0234. The molecule has 19 heavy (non-hydrogen) atoms. The number of ether oxygens (including phenoxy) is 1. The molecule has 1 aliphatic rings. The molecule has 1 aliphatic heterocycles. The monoisotopic (exact) mass is 284 g/mol. The first-order valence-electron chi connectivity index (χ1n) is 5.74. The molecule has 1 fully saturated rings. The van der Waals surface area contributed by atoms with Crippen LogP contribution in [0.15, 0.2) is 28.0 Å². The molecule has 2 aromatic rings. The molecule has 3 heterocycles. The van der Waals surface area contributed by atoms with E-state index in [1.807, 2.05) is 0 Å². The number of morpholine rings is 1. The second-order valence-corrected chi connectivity index (χ2v) is 6.02. The van der Waals surface area contributed by atoms with Gasteiger partial charge in [-0.05, 0) is 12.1 Å². The number of pyridine rings is 1. The number of hydrogen-bond acceptors (Lipinski definition) is 5. The smallest absolute Gasteiger partial charge is 0.347 e. The Hall–Kier alpha value is -1.71. The number of aromatic nitrogens is 3. The molecule has 0 radical (unpaired) electrons. The standard InChI is InChI=1S/C10H12N4O4S/c15-10-12-11-9-8(2-1-3-14(9)10)19(16,17)13-4-6-18-7-5-13/h1-3H,4-7H2,(H,12,15). The fraction of sp³-hybridized carbons (Fsp3) is 0.400. The van der Waals surface area contributed by atoms with Crippen molar-refractivity contribution in [2.45, 2.75) is 4.90 Å². The van der Waals surface area contributed by atoms with E-state index in [9.17, 15) is 13.2 Å². The van der Waals surface area contributed by atoms with E-state index in [0.717, 1.165) is 0 Å². The van der Waals surface area contributed by atoms with Gasteiger partial charge in [-0.25, -0.2) is 22.7 Å². The van der Waals surface area contributed by atoms with E-state index in [2.05, 4.69) is 10.2 Å². The maximum atomic E-state index is 12.5. The Balaban J connectivity index is 2.15. The summed E-state index contributed by atoms with van der Waals surface area (Å²) in [6, 6.07) is 2.96. The van der Waals surface area contributed by atoms with Gasteiger partial charge in [-0.3, -0.25) is 0 Å². The molecular weight excluding hydrogens is 272 g/mol. The van der Waals surface area contributed by atoms with Crippen molar-refractivity contribution in [1.82, 2.24) is 18.9 Å². The van der Waals surface area contributed by atoms with E-state index in [-0.39, 0.29) is 10.5 Å². The average Bonchev–Trinajstić information content (AvgIpc) is 2.81. The van der Waals surface area contributed by atoms with Gasteiger partial charge >= 0.3 is 5.69 Å². The highest BCUT2D eigenvalue weighted by atomic mass is 32.2. The zero-order valence-corrected chi connectivity index (χ0v) is 10.8. The summed E-state index contributed by atoms with van der Waals surface area (Å²) in [5.41, 5.74) is -0.354. The van der Waals surface area contributed by atoms with Gasteiger partial charge in [0.15, 0.2) is 5.65 Å². The van der Waals surface area contributed by atoms with Crippen molar-refractivity contribution in [2.75, 3.05) is 26.3 Å². The van der Waals surface area contributed by atoms with Gasteiger partial charge in [-0.15, -0.1) is 0 Å². The van der Waals surface area contributed by atoms with Crippen LogP contribution in [0.4, 0.5) is 0 Å². The molecule has 1 N–H and O–H groups in total. The largest absolute Gasteiger partial charge is 0.379 e. The first-order chi connectivity index (χ1) is 9.10. The Bertz CT molecular complexity index is 757. The van der Waals surface area contributed by atoms with Gasteiger partial charge in [-0.2, -0.15) is 9.40 Å². The van der Waals surface area contributed by atoms with Crippen molar-refractivity contribution in [3.63, 3.8) is 0 Å². The van der Waals surface area contributed by atoms with Crippen LogP contribution in [-0.4, -0.2) is 53.6 Å². The molecule has 0 bridgehead atoms. The first-order valence-corrected chi connectivity index (χ1v) is 7.18. The summed E-state index contributed by atoms with van der Waals surface area (Å²) in [5, 5.41) is 6.01. The van der Waals surface area contributed by atoms with Crippen LogP contribution in [0, 0.1) is 0 Å². The zero-order chi connectivity index (χ0) is 13.5. The SMILES string of the molecule is O=c1[nH]nc2c(S(=O)(=O)N3CCOCC3)cccn12. The lowest BCUT2D eigenvalue weighted by Gasteiger charge is -2.25. The van der Waals surface area contributed by atoms with Crippen molar-refractivity contribution >= 4 is 15.7 Å². The second kappa shape index (κ2) is 4.44. The Morgan fingerprint density at radius 1 is 1.32 bits per heavy atom. The predicted octanol–water partition coefficient (Wildman–Crippen LogP) is -0.956. The Kier molecular flexibility index (Phi) is 2.88. The minimum Gasteiger partial charge on any atom is -0.379 e. The lowest BCUT2D eigenvalue weighted by Crippen LogP contribution is -2.40. The van der Waals surface area contributed by atoms with Crippen molar-refractivity contribution in [3.05, 3.63) is 28.8 Å². The summed E-state index contributed by atoms with van der Waals surface area (Å²) in [4.78, 5) is 11.5. The van der Waals surface area contributed by atoms with Crippen LogP contribution in [0.1, 0.15) is 0 Å². The van der Waals surface area contributed by atoms with Crippen molar-refractivity contribution in [3.8, 4) is 0 Å². The second-order valence-electron chi connectivity index (χ2n) is 4.11. The Morgan fingerprint density at radius 2 is 2.05 bits per heavy atom. The number of nitrogens with one attached hydrogen (secondary N) is 1. The van der Waals surface area contributed by atoms with Crippen LogP contribution >= 0.6 is 0 Å². The van der Waals surface area contributed by atoms with Gasteiger partial charge < -0.3 is 4.74 Å². The summed E-state index contributed by atoms with van der Waals surface area (Å²) in [6.07, 6.45) is 1.47. The maximum absolute atomic E-state index is 12.5. The highest BCUT2D eigenvalue weighted by molar-refractivity contribution is 7.89.